The quantitative estimate of drug-likeness (QED) is 0.826. The number of nitrogens with zero attached hydrogens (tertiary/aromatic N) is 1. The van der Waals surface area contributed by atoms with Gasteiger partial charge in [-0.1, -0.05) is 68.5 Å². The highest BCUT2D eigenvalue weighted by molar-refractivity contribution is 6.03. The van der Waals surface area contributed by atoms with Crippen LogP contribution in [0.25, 0.3) is 10.8 Å². The summed E-state index contributed by atoms with van der Waals surface area (Å²) in [7, 11) is 1.71. The van der Waals surface area contributed by atoms with E-state index in [4.69, 9.17) is 0 Å². The Kier molecular flexibility index (Phi) is 6.26. The standard InChI is InChI=1S/C22H28N2O2/c1-24(22(26)15-14-17-8-3-2-4-9-17)16-21(25)23-20-13-7-11-18-10-5-6-12-19(18)20/h5-7,10-13,17H,2-4,8-9,14-16H2,1H3,(H,23,25). The second kappa shape index (κ2) is 8.84. The Labute approximate surface area is 155 Å². The van der Waals surface area contributed by atoms with Crippen LogP contribution in [0.3, 0.4) is 0 Å². The van der Waals surface area contributed by atoms with Gasteiger partial charge >= 0.3 is 0 Å². The van der Waals surface area contributed by atoms with E-state index in [2.05, 4.69) is 5.32 Å². The minimum Gasteiger partial charge on any atom is -0.336 e. The van der Waals surface area contributed by atoms with E-state index in [1.165, 1.54) is 32.1 Å². The molecule has 4 heteroatoms. The Morgan fingerprint density at radius 3 is 2.58 bits per heavy atom. The Bertz CT molecular complexity index is 760. The van der Waals surface area contributed by atoms with Crippen molar-refractivity contribution in [3.8, 4) is 0 Å². The van der Waals surface area contributed by atoms with Crippen molar-refractivity contribution in [2.24, 2.45) is 5.92 Å². The lowest BCUT2D eigenvalue weighted by atomic mass is 9.86. The third-order valence-corrected chi connectivity index (χ3v) is 5.36. The minimum atomic E-state index is -0.158. The average Bonchev–Trinajstić information content (AvgIpc) is 2.67. The maximum atomic E-state index is 12.4. The number of carbonyl (C=O) groups is 2. The normalized spacial score (nSPS) is 15.0. The molecule has 1 fully saturated rings. The summed E-state index contributed by atoms with van der Waals surface area (Å²) in [4.78, 5) is 26.2. The maximum absolute atomic E-state index is 12.4. The summed E-state index contributed by atoms with van der Waals surface area (Å²) in [5, 5.41) is 5.04. The van der Waals surface area contributed by atoms with Gasteiger partial charge in [-0.2, -0.15) is 0 Å². The predicted molar refractivity (Wildman–Crippen MR) is 106 cm³/mol. The van der Waals surface area contributed by atoms with Gasteiger partial charge in [0.1, 0.15) is 0 Å². The SMILES string of the molecule is CN(CC(=O)Nc1cccc2ccccc12)C(=O)CCC1CCCCC1. The monoisotopic (exact) mass is 352 g/mol. The summed E-state index contributed by atoms with van der Waals surface area (Å²) in [6, 6.07) is 13.8. The van der Waals surface area contributed by atoms with Crippen molar-refractivity contribution in [1.82, 2.24) is 4.90 Å². The fourth-order valence-electron chi connectivity index (χ4n) is 3.82. The molecule has 1 aliphatic carbocycles. The fourth-order valence-corrected chi connectivity index (χ4v) is 3.82. The topological polar surface area (TPSA) is 49.4 Å². The van der Waals surface area contributed by atoms with E-state index in [1.54, 1.807) is 11.9 Å². The summed E-state index contributed by atoms with van der Waals surface area (Å²) in [5.74, 6) is 0.587. The zero-order chi connectivity index (χ0) is 18.4. The molecule has 0 atom stereocenters. The number of carbonyl (C=O) groups excluding carboxylic acids is 2. The summed E-state index contributed by atoms with van der Waals surface area (Å²) < 4.78 is 0. The summed E-state index contributed by atoms with van der Waals surface area (Å²) in [6.45, 7) is 0.0900. The molecule has 0 aromatic heterocycles. The van der Waals surface area contributed by atoms with Crippen LogP contribution in [0, 0.1) is 5.92 Å². The van der Waals surface area contributed by atoms with Crippen LogP contribution in [0.1, 0.15) is 44.9 Å². The molecule has 26 heavy (non-hydrogen) atoms. The maximum Gasteiger partial charge on any atom is 0.243 e. The lowest BCUT2D eigenvalue weighted by molar-refractivity contribution is -0.133. The Morgan fingerprint density at radius 2 is 1.77 bits per heavy atom. The first kappa shape index (κ1) is 18.4. The van der Waals surface area contributed by atoms with E-state index in [0.717, 1.165) is 22.9 Å². The number of likely N-dealkylation sites (N-methyl/N-ethyl adjacent to an activating group) is 1. The molecule has 3 rings (SSSR count). The number of anilines is 1. The molecule has 0 bridgehead atoms. The first-order valence-electron chi connectivity index (χ1n) is 9.65. The van der Waals surface area contributed by atoms with Gasteiger partial charge in [-0.25, -0.2) is 0 Å². The second-order valence-electron chi connectivity index (χ2n) is 7.37. The van der Waals surface area contributed by atoms with Crippen LogP contribution >= 0.6 is 0 Å². The molecular formula is C22H28N2O2. The lowest BCUT2D eigenvalue weighted by Crippen LogP contribution is -2.35. The van der Waals surface area contributed by atoms with E-state index in [1.807, 2.05) is 42.5 Å². The Balaban J connectivity index is 1.51. The first-order chi connectivity index (χ1) is 12.6. The van der Waals surface area contributed by atoms with Gasteiger partial charge in [0.2, 0.25) is 11.8 Å². The molecule has 0 saturated heterocycles. The van der Waals surface area contributed by atoms with Gasteiger partial charge in [-0.3, -0.25) is 9.59 Å². The predicted octanol–water partition coefficient (Wildman–Crippen LogP) is 4.60. The third kappa shape index (κ3) is 4.84. The van der Waals surface area contributed by atoms with Gasteiger partial charge in [0.05, 0.1) is 6.54 Å². The van der Waals surface area contributed by atoms with Crippen LogP contribution < -0.4 is 5.32 Å². The summed E-state index contributed by atoms with van der Waals surface area (Å²) >= 11 is 0. The van der Waals surface area contributed by atoms with Crippen LogP contribution in [-0.4, -0.2) is 30.3 Å². The van der Waals surface area contributed by atoms with Crippen molar-refractivity contribution in [2.75, 3.05) is 18.9 Å². The summed E-state index contributed by atoms with van der Waals surface area (Å²) in [6.07, 6.45) is 7.91. The molecule has 0 spiro atoms. The van der Waals surface area contributed by atoms with Gasteiger partial charge in [-0.05, 0) is 23.8 Å². The smallest absolute Gasteiger partial charge is 0.243 e. The van der Waals surface area contributed by atoms with Crippen LogP contribution in [-0.2, 0) is 9.59 Å². The molecular weight excluding hydrogens is 324 g/mol. The zero-order valence-corrected chi connectivity index (χ0v) is 15.5. The average molecular weight is 352 g/mol. The van der Waals surface area contributed by atoms with E-state index >= 15 is 0 Å². The molecule has 2 amide bonds. The van der Waals surface area contributed by atoms with Gasteiger partial charge in [0, 0.05) is 24.5 Å². The molecule has 2 aromatic rings. The van der Waals surface area contributed by atoms with Gasteiger partial charge in [-0.15, -0.1) is 0 Å². The van der Waals surface area contributed by atoms with Crippen molar-refractivity contribution < 1.29 is 9.59 Å². The Hall–Kier alpha value is -2.36. The molecule has 0 unspecified atom stereocenters. The van der Waals surface area contributed by atoms with Crippen LogP contribution in [0.2, 0.25) is 0 Å². The zero-order valence-electron chi connectivity index (χ0n) is 15.5. The highest BCUT2D eigenvalue weighted by atomic mass is 16.2. The van der Waals surface area contributed by atoms with Gasteiger partial charge in [0.25, 0.3) is 0 Å². The molecule has 1 aliphatic rings. The molecule has 4 nitrogen and oxygen atoms in total. The van der Waals surface area contributed by atoms with Crippen molar-refractivity contribution >= 4 is 28.3 Å². The first-order valence-corrected chi connectivity index (χ1v) is 9.65. The second-order valence-corrected chi connectivity index (χ2v) is 7.37. The van der Waals surface area contributed by atoms with Crippen molar-refractivity contribution in [2.45, 2.75) is 44.9 Å². The van der Waals surface area contributed by atoms with Gasteiger partial charge in [0.15, 0.2) is 0 Å². The molecule has 138 valence electrons. The molecule has 2 aromatic carbocycles. The van der Waals surface area contributed by atoms with Crippen LogP contribution in [0.4, 0.5) is 5.69 Å². The number of benzene rings is 2. The molecule has 0 radical (unpaired) electrons. The highest BCUT2D eigenvalue weighted by Crippen LogP contribution is 2.27. The van der Waals surface area contributed by atoms with Gasteiger partial charge < -0.3 is 10.2 Å². The van der Waals surface area contributed by atoms with Crippen molar-refractivity contribution in [3.05, 3.63) is 42.5 Å². The number of rotatable bonds is 6. The fraction of sp³-hybridized carbons (Fsp3) is 0.455. The molecule has 0 aliphatic heterocycles. The van der Waals surface area contributed by atoms with E-state index in [9.17, 15) is 9.59 Å². The number of amides is 2. The number of nitrogens with one attached hydrogen (secondary N) is 1. The highest BCUT2D eigenvalue weighted by Gasteiger charge is 2.18. The number of hydrogen-bond acceptors (Lipinski definition) is 2. The van der Waals surface area contributed by atoms with Crippen molar-refractivity contribution in [1.29, 1.82) is 0 Å². The van der Waals surface area contributed by atoms with E-state index in [0.29, 0.717) is 12.3 Å². The minimum absolute atomic E-state index is 0.0589. The molecule has 1 saturated carbocycles. The van der Waals surface area contributed by atoms with E-state index < -0.39 is 0 Å². The molecule has 1 N–H and O–H groups in total. The third-order valence-electron chi connectivity index (χ3n) is 5.36. The largest absolute Gasteiger partial charge is 0.336 e. The summed E-state index contributed by atoms with van der Waals surface area (Å²) in [5.41, 5.74) is 0.788. The molecule has 0 heterocycles. The lowest BCUT2D eigenvalue weighted by Gasteiger charge is -2.23. The van der Waals surface area contributed by atoms with E-state index in [-0.39, 0.29) is 18.4 Å². The number of hydrogen-bond donors (Lipinski definition) is 1. The van der Waals surface area contributed by atoms with Crippen LogP contribution in [0.5, 0.6) is 0 Å². The Morgan fingerprint density at radius 1 is 1.04 bits per heavy atom. The van der Waals surface area contributed by atoms with Crippen LogP contribution in [0.15, 0.2) is 42.5 Å². The van der Waals surface area contributed by atoms with Crippen molar-refractivity contribution in [3.63, 3.8) is 0 Å². The number of fused-ring (bicyclic) bond motifs is 1.